The predicted molar refractivity (Wildman–Crippen MR) is 116 cm³/mol. The topological polar surface area (TPSA) is 87.7 Å². The van der Waals surface area contributed by atoms with Gasteiger partial charge in [0, 0.05) is 37.4 Å². The standard InChI is InChI=1S/C24H27N3O4/c1-30-24(29)15-3-2-4-19(7-15)31-23-9-17-13-27(12-16(17)8-22(23)28)14-18-10-26-21-11-25-6-5-20(18)21/h2-7,10-11,16-17,22-23,26,28H,8-9,12-14H2,1H3/t16-,17+,22+,23+/m0/s1. The van der Waals surface area contributed by atoms with Gasteiger partial charge in [0.2, 0.25) is 0 Å². The third-order valence-corrected chi connectivity index (χ3v) is 6.67. The molecule has 1 aliphatic heterocycles. The van der Waals surface area contributed by atoms with Crippen LogP contribution in [0.15, 0.2) is 48.9 Å². The minimum Gasteiger partial charge on any atom is -0.488 e. The highest BCUT2D eigenvalue weighted by Gasteiger charge is 2.42. The molecule has 2 aromatic heterocycles. The zero-order valence-electron chi connectivity index (χ0n) is 17.5. The molecule has 2 N–H and O–H groups in total. The molecule has 7 nitrogen and oxygen atoms in total. The van der Waals surface area contributed by atoms with E-state index in [2.05, 4.69) is 27.1 Å². The number of carbonyl (C=O) groups is 1. The van der Waals surface area contributed by atoms with E-state index in [0.717, 1.165) is 38.0 Å². The summed E-state index contributed by atoms with van der Waals surface area (Å²) in [5.74, 6) is 1.16. The van der Waals surface area contributed by atoms with Crippen LogP contribution in [0.5, 0.6) is 5.75 Å². The van der Waals surface area contributed by atoms with Crippen molar-refractivity contribution < 1.29 is 19.4 Å². The van der Waals surface area contributed by atoms with E-state index in [1.165, 1.54) is 18.1 Å². The van der Waals surface area contributed by atoms with Gasteiger partial charge in [-0.25, -0.2) is 4.79 Å². The van der Waals surface area contributed by atoms with Gasteiger partial charge in [0.15, 0.2) is 0 Å². The van der Waals surface area contributed by atoms with Crippen LogP contribution in [-0.2, 0) is 11.3 Å². The molecule has 7 heteroatoms. The molecule has 1 saturated heterocycles. The van der Waals surface area contributed by atoms with E-state index < -0.39 is 12.1 Å². The number of aliphatic hydroxyl groups excluding tert-OH is 1. The molecular formula is C24H27N3O4. The summed E-state index contributed by atoms with van der Waals surface area (Å²) in [5, 5.41) is 12.0. The first kappa shape index (κ1) is 20.0. The Kier molecular flexibility index (Phi) is 5.38. The predicted octanol–water partition coefficient (Wildman–Crippen LogP) is 3.00. The average molecular weight is 421 g/mol. The van der Waals surface area contributed by atoms with Crippen LogP contribution in [0.25, 0.3) is 10.9 Å². The number of rotatable bonds is 5. The van der Waals surface area contributed by atoms with Gasteiger partial charge in [-0.1, -0.05) is 6.07 Å². The van der Waals surface area contributed by atoms with Gasteiger partial charge in [0.05, 0.1) is 30.5 Å². The fourth-order valence-electron chi connectivity index (χ4n) is 5.14. The van der Waals surface area contributed by atoms with E-state index in [4.69, 9.17) is 9.47 Å². The summed E-state index contributed by atoms with van der Waals surface area (Å²) in [6.45, 7) is 2.88. The number of aromatic nitrogens is 2. The van der Waals surface area contributed by atoms with Crippen molar-refractivity contribution in [1.82, 2.24) is 14.9 Å². The molecule has 4 atom stereocenters. The zero-order chi connectivity index (χ0) is 21.4. The van der Waals surface area contributed by atoms with Gasteiger partial charge in [-0.15, -0.1) is 0 Å². The second-order valence-corrected chi connectivity index (χ2v) is 8.66. The highest BCUT2D eigenvalue weighted by molar-refractivity contribution is 5.89. The van der Waals surface area contributed by atoms with Crippen LogP contribution < -0.4 is 4.74 Å². The van der Waals surface area contributed by atoms with Crippen molar-refractivity contribution in [3.05, 3.63) is 60.0 Å². The molecule has 2 aliphatic rings. The van der Waals surface area contributed by atoms with Crippen molar-refractivity contribution in [2.45, 2.75) is 31.6 Å². The Hall–Kier alpha value is -2.90. The summed E-state index contributed by atoms with van der Waals surface area (Å²) in [6, 6.07) is 9.02. The maximum Gasteiger partial charge on any atom is 0.337 e. The lowest BCUT2D eigenvalue weighted by Gasteiger charge is -2.35. The number of pyridine rings is 1. The number of esters is 1. The first-order valence-electron chi connectivity index (χ1n) is 10.8. The summed E-state index contributed by atoms with van der Waals surface area (Å²) in [7, 11) is 1.36. The maximum atomic E-state index is 11.8. The van der Waals surface area contributed by atoms with Crippen molar-refractivity contribution in [2.75, 3.05) is 20.2 Å². The molecule has 5 rings (SSSR count). The fraction of sp³-hybridized carbons (Fsp3) is 0.417. The number of hydrogen-bond donors (Lipinski definition) is 2. The number of benzene rings is 1. The quantitative estimate of drug-likeness (QED) is 0.616. The first-order valence-corrected chi connectivity index (χ1v) is 10.8. The van der Waals surface area contributed by atoms with Crippen LogP contribution in [0.2, 0.25) is 0 Å². The minimum atomic E-state index is -0.512. The van der Waals surface area contributed by atoms with Gasteiger partial charge in [-0.05, 0) is 54.5 Å². The summed E-state index contributed by atoms with van der Waals surface area (Å²) >= 11 is 0. The molecule has 0 amide bonds. The van der Waals surface area contributed by atoms with Crippen molar-refractivity contribution in [3.63, 3.8) is 0 Å². The van der Waals surface area contributed by atoms with Crippen LogP contribution in [0, 0.1) is 11.8 Å². The Bertz CT molecular complexity index is 1080. The molecule has 1 saturated carbocycles. The number of H-pyrrole nitrogens is 1. The van der Waals surface area contributed by atoms with Crippen LogP contribution in [0.1, 0.15) is 28.8 Å². The molecule has 31 heavy (non-hydrogen) atoms. The lowest BCUT2D eigenvalue weighted by Crippen LogP contribution is -2.42. The number of aliphatic hydroxyl groups is 1. The maximum absolute atomic E-state index is 11.8. The van der Waals surface area contributed by atoms with Gasteiger partial charge in [0.1, 0.15) is 11.9 Å². The summed E-state index contributed by atoms with van der Waals surface area (Å²) in [5.41, 5.74) is 2.79. The van der Waals surface area contributed by atoms with Crippen LogP contribution in [0.4, 0.5) is 0 Å². The number of nitrogens with one attached hydrogen (secondary N) is 1. The first-order chi connectivity index (χ1) is 15.1. The number of carbonyl (C=O) groups excluding carboxylic acids is 1. The average Bonchev–Trinajstić information content (AvgIpc) is 3.37. The van der Waals surface area contributed by atoms with Crippen molar-refractivity contribution in [2.24, 2.45) is 11.8 Å². The van der Waals surface area contributed by atoms with E-state index >= 15 is 0 Å². The third-order valence-electron chi connectivity index (χ3n) is 6.67. The number of hydrogen-bond acceptors (Lipinski definition) is 6. The monoisotopic (exact) mass is 421 g/mol. The normalized spacial score (nSPS) is 26.0. The highest BCUT2D eigenvalue weighted by atomic mass is 16.5. The Morgan fingerprint density at radius 3 is 2.94 bits per heavy atom. The van der Waals surface area contributed by atoms with Crippen LogP contribution >= 0.6 is 0 Å². The number of fused-ring (bicyclic) bond motifs is 2. The molecule has 3 aromatic rings. The lowest BCUT2D eigenvalue weighted by molar-refractivity contribution is -0.0231. The molecule has 2 fully saturated rings. The number of nitrogens with zero attached hydrogens (tertiary/aromatic N) is 2. The zero-order valence-corrected chi connectivity index (χ0v) is 17.5. The molecule has 162 valence electrons. The fourth-order valence-corrected chi connectivity index (χ4v) is 5.14. The van der Waals surface area contributed by atoms with Crippen molar-refractivity contribution in [3.8, 4) is 5.75 Å². The third kappa shape index (κ3) is 4.03. The number of methoxy groups -OCH3 is 1. The molecule has 0 radical (unpaired) electrons. The molecule has 1 aromatic carbocycles. The summed E-state index contributed by atoms with van der Waals surface area (Å²) < 4.78 is 10.9. The van der Waals surface area contributed by atoms with Crippen LogP contribution in [0.3, 0.4) is 0 Å². The number of likely N-dealkylation sites (tertiary alicyclic amines) is 1. The van der Waals surface area contributed by atoms with Gasteiger partial charge in [0.25, 0.3) is 0 Å². The van der Waals surface area contributed by atoms with Gasteiger partial charge >= 0.3 is 5.97 Å². The minimum absolute atomic E-state index is 0.270. The molecule has 3 heterocycles. The number of aromatic amines is 1. The summed E-state index contributed by atoms with van der Waals surface area (Å²) in [6.07, 6.45) is 6.52. The van der Waals surface area contributed by atoms with Crippen molar-refractivity contribution >= 4 is 16.9 Å². The Morgan fingerprint density at radius 1 is 1.26 bits per heavy atom. The van der Waals surface area contributed by atoms with Gasteiger partial charge < -0.3 is 19.6 Å². The van der Waals surface area contributed by atoms with E-state index in [9.17, 15) is 9.90 Å². The molecule has 0 unspecified atom stereocenters. The second-order valence-electron chi connectivity index (χ2n) is 8.66. The number of ether oxygens (including phenoxy) is 2. The van der Waals surface area contributed by atoms with Gasteiger partial charge in [-0.3, -0.25) is 9.88 Å². The molecule has 0 bridgehead atoms. The summed E-state index contributed by atoms with van der Waals surface area (Å²) in [4.78, 5) is 21.7. The van der Waals surface area contributed by atoms with E-state index in [0.29, 0.717) is 23.1 Å². The molecule has 1 aliphatic carbocycles. The largest absolute Gasteiger partial charge is 0.488 e. The smallest absolute Gasteiger partial charge is 0.337 e. The van der Waals surface area contributed by atoms with E-state index in [-0.39, 0.29) is 6.10 Å². The Labute approximate surface area is 181 Å². The van der Waals surface area contributed by atoms with Crippen molar-refractivity contribution in [1.29, 1.82) is 0 Å². The molecular weight excluding hydrogens is 394 g/mol. The SMILES string of the molecule is COC(=O)c1cccc(O[C@@H]2C[C@@H]3CN(Cc4c[nH]c5cnccc45)C[C@@H]3C[C@H]2O)c1. The van der Waals surface area contributed by atoms with Gasteiger partial charge in [-0.2, -0.15) is 0 Å². The highest BCUT2D eigenvalue weighted by Crippen LogP contribution is 2.39. The Morgan fingerprint density at radius 2 is 2.10 bits per heavy atom. The van der Waals surface area contributed by atoms with E-state index in [1.807, 2.05) is 18.5 Å². The Balaban J connectivity index is 1.24. The van der Waals surface area contributed by atoms with E-state index in [1.54, 1.807) is 18.2 Å². The van der Waals surface area contributed by atoms with Crippen LogP contribution in [-0.4, -0.2) is 58.4 Å². The molecule has 0 spiro atoms. The lowest BCUT2D eigenvalue weighted by atomic mass is 9.78. The second kappa shape index (κ2) is 8.32.